The van der Waals surface area contributed by atoms with E-state index in [4.69, 9.17) is 0 Å². The zero-order valence-corrected chi connectivity index (χ0v) is 18.4. The Balaban J connectivity index is 2.49. The van der Waals surface area contributed by atoms with Gasteiger partial charge in [-0.1, -0.05) is 25.5 Å². The third-order valence-corrected chi connectivity index (χ3v) is 6.09. The van der Waals surface area contributed by atoms with Gasteiger partial charge in [0.05, 0.1) is 38.5 Å². The molecule has 0 radical (unpaired) electrons. The Bertz CT molecular complexity index is 625. The molecule has 0 saturated carbocycles. The largest absolute Gasteiger partial charge is 0.393 e. The average molecular weight is 400 g/mol. The highest BCUT2D eigenvalue weighted by Gasteiger charge is 2.22. The van der Waals surface area contributed by atoms with Crippen molar-refractivity contribution in [2.75, 3.05) is 37.2 Å². The maximum atomic E-state index is 11.3. The van der Waals surface area contributed by atoms with Crippen LogP contribution >= 0.6 is 0 Å². The van der Waals surface area contributed by atoms with Gasteiger partial charge in [-0.25, -0.2) is 8.42 Å². The van der Waals surface area contributed by atoms with Gasteiger partial charge >= 0.3 is 0 Å². The van der Waals surface area contributed by atoms with Gasteiger partial charge in [0.1, 0.15) is 0 Å². The second-order valence-electron chi connectivity index (χ2n) is 7.68. The van der Waals surface area contributed by atoms with Crippen molar-refractivity contribution in [3.05, 3.63) is 29.8 Å². The number of sulfonamides is 1. The minimum atomic E-state index is -3.22. The first-order valence-electron chi connectivity index (χ1n) is 10.3. The zero-order valence-electron chi connectivity index (χ0n) is 17.6. The summed E-state index contributed by atoms with van der Waals surface area (Å²) in [6.07, 6.45) is 7.05. The van der Waals surface area contributed by atoms with Crippen molar-refractivity contribution in [3.8, 4) is 0 Å². The van der Waals surface area contributed by atoms with E-state index in [0.717, 1.165) is 75.4 Å². The highest BCUT2D eigenvalue weighted by molar-refractivity contribution is 7.92. The van der Waals surface area contributed by atoms with E-state index in [-0.39, 0.29) is 6.10 Å². The summed E-state index contributed by atoms with van der Waals surface area (Å²) in [5, 5.41) is 9.96. The maximum Gasteiger partial charge on any atom is 0.229 e. The third kappa shape index (κ3) is 9.58. The molecule has 0 saturated heterocycles. The molecule has 6 heteroatoms. The van der Waals surface area contributed by atoms with Crippen LogP contribution in [0, 0.1) is 0 Å². The fourth-order valence-corrected chi connectivity index (χ4v) is 4.24. The predicted molar refractivity (Wildman–Crippen MR) is 114 cm³/mol. The van der Waals surface area contributed by atoms with E-state index in [2.05, 4.69) is 25.5 Å². The van der Waals surface area contributed by atoms with Gasteiger partial charge in [0.2, 0.25) is 10.0 Å². The van der Waals surface area contributed by atoms with Gasteiger partial charge in [-0.05, 0) is 57.2 Å². The van der Waals surface area contributed by atoms with Crippen LogP contribution in [-0.4, -0.2) is 56.5 Å². The third-order valence-electron chi connectivity index (χ3n) is 5.49. The molecule has 1 atom stereocenters. The lowest BCUT2D eigenvalue weighted by Crippen LogP contribution is -2.49. The van der Waals surface area contributed by atoms with Crippen molar-refractivity contribution in [1.82, 2.24) is 0 Å². The topological polar surface area (TPSA) is 66.4 Å². The first-order chi connectivity index (χ1) is 12.7. The summed E-state index contributed by atoms with van der Waals surface area (Å²) in [6.45, 7) is 11.2. The van der Waals surface area contributed by atoms with Crippen molar-refractivity contribution in [3.63, 3.8) is 0 Å². The molecule has 2 N–H and O–H groups in total. The molecule has 0 amide bonds. The van der Waals surface area contributed by atoms with Gasteiger partial charge < -0.3 is 9.59 Å². The normalized spacial score (nSPS) is 13.5. The second kappa shape index (κ2) is 11.7. The summed E-state index contributed by atoms with van der Waals surface area (Å²) in [4.78, 5) is 0. The van der Waals surface area contributed by atoms with Crippen LogP contribution in [0.5, 0.6) is 0 Å². The van der Waals surface area contributed by atoms with E-state index < -0.39 is 10.0 Å². The molecule has 1 aromatic rings. The lowest BCUT2D eigenvalue weighted by molar-refractivity contribution is -0.925. The number of aliphatic hydroxyl groups excluding tert-OH is 1. The van der Waals surface area contributed by atoms with Crippen LogP contribution in [0.15, 0.2) is 24.3 Å². The molecule has 0 spiro atoms. The molecular weight excluding hydrogens is 360 g/mol. The lowest BCUT2D eigenvalue weighted by atomic mass is 10.1. The molecule has 27 heavy (non-hydrogen) atoms. The number of benzene rings is 1. The Kier molecular flexibility index (Phi) is 10.3. The molecule has 0 aliphatic rings. The average Bonchev–Trinajstić information content (AvgIpc) is 2.61. The quantitative estimate of drug-likeness (QED) is 0.468. The Morgan fingerprint density at radius 1 is 1.00 bits per heavy atom. The van der Waals surface area contributed by atoms with Crippen LogP contribution < -0.4 is 4.72 Å². The van der Waals surface area contributed by atoms with Crippen molar-refractivity contribution in [2.24, 2.45) is 0 Å². The number of quaternary nitrogens is 1. The van der Waals surface area contributed by atoms with Gasteiger partial charge in [0.15, 0.2) is 0 Å². The smallest absolute Gasteiger partial charge is 0.229 e. The highest BCUT2D eigenvalue weighted by Crippen LogP contribution is 2.16. The highest BCUT2D eigenvalue weighted by atomic mass is 32.2. The monoisotopic (exact) mass is 399 g/mol. The molecule has 156 valence electrons. The zero-order chi connectivity index (χ0) is 20.3. The molecule has 1 rings (SSSR count). The fraction of sp³-hybridized carbons (Fsp3) is 0.714. The Hall–Kier alpha value is -1.11. The Morgan fingerprint density at radius 2 is 1.59 bits per heavy atom. The van der Waals surface area contributed by atoms with Crippen LogP contribution in [-0.2, 0) is 16.4 Å². The van der Waals surface area contributed by atoms with Gasteiger partial charge in [0.25, 0.3) is 0 Å². The summed E-state index contributed by atoms with van der Waals surface area (Å²) in [5.41, 5.74) is 1.84. The van der Waals surface area contributed by atoms with E-state index in [9.17, 15) is 13.5 Å². The molecule has 0 aromatic heterocycles. The molecule has 0 aliphatic carbocycles. The van der Waals surface area contributed by atoms with Crippen LogP contribution in [0.4, 0.5) is 5.69 Å². The summed E-state index contributed by atoms with van der Waals surface area (Å²) in [7, 11) is -3.22. The Labute approximate surface area is 166 Å². The lowest BCUT2D eigenvalue weighted by Gasteiger charge is -2.37. The molecule has 0 bridgehead atoms. The number of rotatable bonds is 14. The minimum Gasteiger partial charge on any atom is -0.393 e. The van der Waals surface area contributed by atoms with Crippen molar-refractivity contribution >= 4 is 15.7 Å². The summed E-state index contributed by atoms with van der Waals surface area (Å²) < 4.78 is 26.1. The van der Waals surface area contributed by atoms with Gasteiger partial charge in [-0.3, -0.25) is 4.72 Å². The van der Waals surface area contributed by atoms with Gasteiger partial charge in [0, 0.05) is 12.1 Å². The number of hydrogen-bond donors (Lipinski definition) is 2. The number of anilines is 1. The van der Waals surface area contributed by atoms with Crippen LogP contribution in [0.2, 0.25) is 0 Å². The van der Waals surface area contributed by atoms with Crippen LogP contribution in [0.3, 0.4) is 0 Å². The van der Waals surface area contributed by atoms with Crippen molar-refractivity contribution in [1.29, 1.82) is 0 Å². The summed E-state index contributed by atoms with van der Waals surface area (Å²) in [5.74, 6) is 0. The SMILES string of the molecule is CCCC(O)CCC[N+](CC)(CC)CCCc1ccc(NS(C)(=O)=O)cc1. The van der Waals surface area contributed by atoms with E-state index in [1.54, 1.807) is 0 Å². The number of hydrogen-bond acceptors (Lipinski definition) is 3. The van der Waals surface area contributed by atoms with Gasteiger partial charge in [-0.15, -0.1) is 0 Å². The van der Waals surface area contributed by atoms with E-state index in [0.29, 0.717) is 5.69 Å². The maximum absolute atomic E-state index is 11.3. The minimum absolute atomic E-state index is 0.148. The van der Waals surface area contributed by atoms with Crippen molar-refractivity contribution in [2.45, 2.75) is 65.4 Å². The molecule has 5 nitrogen and oxygen atoms in total. The first-order valence-corrected chi connectivity index (χ1v) is 12.2. The molecule has 0 aliphatic heterocycles. The molecule has 1 aromatic carbocycles. The predicted octanol–water partition coefficient (Wildman–Crippen LogP) is 3.79. The summed E-state index contributed by atoms with van der Waals surface area (Å²) >= 11 is 0. The van der Waals surface area contributed by atoms with Crippen LogP contribution in [0.25, 0.3) is 0 Å². The first kappa shape index (κ1) is 23.9. The van der Waals surface area contributed by atoms with E-state index >= 15 is 0 Å². The second-order valence-corrected chi connectivity index (χ2v) is 9.43. The number of nitrogens with zero attached hydrogens (tertiary/aromatic N) is 1. The van der Waals surface area contributed by atoms with Crippen molar-refractivity contribution < 1.29 is 18.0 Å². The van der Waals surface area contributed by atoms with E-state index in [1.807, 2.05) is 24.3 Å². The molecular formula is C21H39N2O3S+. The van der Waals surface area contributed by atoms with E-state index in [1.165, 1.54) is 5.56 Å². The number of aryl methyl sites for hydroxylation is 1. The molecule has 1 unspecified atom stereocenters. The molecule has 0 fully saturated rings. The fourth-order valence-electron chi connectivity index (χ4n) is 3.68. The number of aliphatic hydroxyl groups is 1. The van der Waals surface area contributed by atoms with Crippen LogP contribution in [0.1, 0.15) is 58.4 Å². The summed E-state index contributed by atoms with van der Waals surface area (Å²) in [6, 6.07) is 7.66. The molecule has 0 heterocycles. The standard InChI is InChI=1S/C21H39N2O3S/c1-5-10-21(24)12-9-18-23(6-2,7-3)17-8-11-19-13-15-20(16-14-19)22-27(4,25)26/h13-16,21-22,24H,5-12,17-18H2,1-4H3/q+1. The Morgan fingerprint density at radius 3 is 2.11 bits per heavy atom. The number of nitrogens with one attached hydrogen (secondary N) is 1. The van der Waals surface area contributed by atoms with Gasteiger partial charge in [-0.2, -0.15) is 0 Å².